The average Bonchev–Trinajstić information content (AvgIpc) is 2.32. The van der Waals surface area contributed by atoms with E-state index < -0.39 is 0 Å². The van der Waals surface area contributed by atoms with E-state index in [0.717, 1.165) is 12.7 Å². The summed E-state index contributed by atoms with van der Waals surface area (Å²) in [6, 6.07) is 0. The van der Waals surface area contributed by atoms with E-state index in [9.17, 15) is 4.79 Å². The Morgan fingerprint density at radius 3 is 2.52 bits per heavy atom. The van der Waals surface area contributed by atoms with Crippen LogP contribution in [0.25, 0.3) is 0 Å². The Kier molecular flexibility index (Phi) is 6.45. The number of rotatable bonds is 6. The van der Waals surface area contributed by atoms with E-state index in [0.29, 0.717) is 24.9 Å². The third-order valence-corrected chi connectivity index (χ3v) is 3.98. The van der Waals surface area contributed by atoms with E-state index >= 15 is 0 Å². The molecule has 1 aliphatic heterocycles. The maximum Gasteiger partial charge on any atom is 0.125 e. The molecule has 1 rings (SSSR count). The molecule has 0 saturated heterocycles. The third kappa shape index (κ3) is 7.12. The molecule has 3 nitrogen and oxygen atoms in total. The Balaban J connectivity index is 2.52. The molecule has 3 atom stereocenters. The van der Waals surface area contributed by atoms with Crippen molar-refractivity contribution in [3.63, 3.8) is 0 Å². The predicted molar refractivity (Wildman–Crippen MR) is 86.1 cm³/mol. The fraction of sp³-hybridized carbons (Fsp3) is 0.833. The number of hydrogen-bond acceptors (Lipinski definition) is 3. The Bertz CT molecular complexity index is 357. The molecule has 0 aromatic rings. The maximum absolute atomic E-state index is 11.1. The van der Waals surface area contributed by atoms with Gasteiger partial charge in [-0.25, -0.2) is 0 Å². The van der Waals surface area contributed by atoms with Gasteiger partial charge in [0.25, 0.3) is 0 Å². The summed E-state index contributed by atoms with van der Waals surface area (Å²) >= 11 is 0. The first-order valence-corrected chi connectivity index (χ1v) is 8.06. The van der Waals surface area contributed by atoms with E-state index in [4.69, 9.17) is 9.47 Å². The minimum absolute atomic E-state index is 0.0994. The van der Waals surface area contributed by atoms with Crippen LogP contribution in [0.1, 0.15) is 60.8 Å². The molecular weight excluding hydrogens is 264 g/mol. The Labute approximate surface area is 130 Å². The van der Waals surface area contributed by atoms with Gasteiger partial charge in [0.05, 0.1) is 18.5 Å². The molecule has 1 aliphatic rings. The molecule has 0 aromatic heterocycles. The molecule has 0 aliphatic carbocycles. The van der Waals surface area contributed by atoms with Crippen LogP contribution < -0.4 is 0 Å². The van der Waals surface area contributed by atoms with Gasteiger partial charge in [-0.15, -0.1) is 0 Å². The zero-order chi connectivity index (χ0) is 16.1. The number of carbonyl (C=O) groups excluding carboxylic acids is 1. The lowest BCUT2D eigenvalue weighted by Crippen LogP contribution is -2.36. The zero-order valence-electron chi connectivity index (χ0n) is 14.5. The second-order valence-electron chi connectivity index (χ2n) is 7.99. The summed E-state index contributed by atoms with van der Waals surface area (Å²) < 4.78 is 11.9. The third-order valence-electron chi connectivity index (χ3n) is 3.98. The minimum Gasteiger partial charge on any atom is -0.496 e. The van der Waals surface area contributed by atoms with Gasteiger partial charge >= 0.3 is 0 Å². The Morgan fingerprint density at radius 1 is 1.24 bits per heavy atom. The lowest BCUT2D eigenvalue weighted by molar-refractivity contribution is -0.122. The summed E-state index contributed by atoms with van der Waals surface area (Å²) in [5.74, 6) is 1.21. The lowest BCUT2D eigenvalue weighted by atomic mass is 9.83. The molecule has 0 fully saturated rings. The van der Waals surface area contributed by atoms with Gasteiger partial charge in [-0.2, -0.15) is 0 Å². The van der Waals surface area contributed by atoms with Crippen molar-refractivity contribution in [2.45, 2.75) is 72.5 Å². The molecule has 0 N–H and O–H groups in total. The smallest absolute Gasteiger partial charge is 0.125 e. The summed E-state index contributed by atoms with van der Waals surface area (Å²) in [7, 11) is 0. The summed E-state index contributed by atoms with van der Waals surface area (Å²) in [6.07, 6.45) is 7.98. The number of hydrogen-bond donors (Lipinski definition) is 0. The highest BCUT2D eigenvalue weighted by Crippen LogP contribution is 2.29. The summed E-state index contributed by atoms with van der Waals surface area (Å²) in [5, 5.41) is 0. The Hall–Kier alpha value is -0.830. The van der Waals surface area contributed by atoms with Gasteiger partial charge < -0.3 is 14.3 Å². The molecule has 0 amide bonds. The van der Waals surface area contributed by atoms with Gasteiger partial charge in [0.2, 0.25) is 0 Å². The first-order valence-electron chi connectivity index (χ1n) is 8.06. The van der Waals surface area contributed by atoms with Crippen LogP contribution in [0.4, 0.5) is 0 Å². The van der Waals surface area contributed by atoms with Crippen molar-refractivity contribution in [1.29, 1.82) is 0 Å². The van der Waals surface area contributed by atoms with Crippen molar-refractivity contribution in [2.75, 3.05) is 6.61 Å². The van der Waals surface area contributed by atoms with Crippen molar-refractivity contribution >= 4 is 6.29 Å². The van der Waals surface area contributed by atoms with Crippen LogP contribution in [-0.2, 0) is 14.3 Å². The van der Waals surface area contributed by atoms with Crippen LogP contribution in [0.3, 0.4) is 0 Å². The average molecular weight is 296 g/mol. The molecule has 0 saturated carbocycles. The Morgan fingerprint density at radius 2 is 1.90 bits per heavy atom. The largest absolute Gasteiger partial charge is 0.496 e. The van der Waals surface area contributed by atoms with E-state index in [2.05, 4.69) is 19.9 Å². The van der Waals surface area contributed by atoms with Gasteiger partial charge in [-0.3, -0.25) is 0 Å². The van der Waals surface area contributed by atoms with Crippen LogP contribution in [0.2, 0.25) is 0 Å². The number of ether oxygens (including phenoxy) is 2. The van der Waals surface area contributed by atoms with Crippen molar-refractivity contribution in [2.24, 2.45) is 17.3 Å². The van der Waals surface area contributed by atoms with Gasteiger partial charge in [0.1, 0.15) is 12.4 Å². The van der Waals surface area contributed by atoms with Crippen molar-refractivity contribution in [3.05, 3.63) is 12.3 Å². The molecule has 0 spiro atoms. The first kappa shape index (κ1) is 18.2. The van der Waals surface area contributed by atoms with E-state index in [-0.39, 0.29) is 17.1 Å². The molecule has 0 radical (unpaired) electrons. The standard InChI is InChI=1S/C18H32O3/c1-14-7-8-20-16(10-15(2)9-14)11-21-18(5,6)12-17(3,4)13-19/h7-8,13-16H,9-12H2,1-6H3/b8-7-. The predicted octanol–water partition coefficient (Wildman–Crippen LogP) is 4.36. The maximum atomic E-state index is 11.1. The molecule has 1 heterocycles. The molecule has 21 heavy (non-hydrogen) atoms. The number of aldehydes is 1. The summed E-state index contributed by atoms with van der Waals surface area (Å²) in [5.41, 5.74) is -0.676. The highest BCUT2D eigenvalue weighted by molar-refractivity contribution is 5.58. The summed E-state index contributed by atoms with van der Waals surface area (Å²) in [4.78, 5) is 11.1. The monoisotopic (exact) mass is 296 g/mol. The summed E-state index contributed by atoms with van der Waals surface area (Å²) in [6.45, 7) is 13.0. The van der Waals surface area contributed by atoms with Crippen LogP contribution in [0.15, 0.2) is 12.3 Å². The number of carbonyl (C=O) groups is 1. The lowest BCUT2D eigenvalue weighted by Gasteiger charge is -2.33. The van der Waals surface area contributed by atoms with Crippen LogP contribution >= 0.6 is 0 Å². The van der Waals surface area contributed by atoms with Crippen molar-refractivity contribution < 1.29 is 14.3 Å². The van der Waals surface area contributed by atoms with E-state index in [1.807, 2.05) is 34.0 Å². The van der Waals surface area contributed by atoms with Gasteiger partial charge in [0.15, 0.2) is 0 Å². The number of allylic oxidation sites excluding steroid dienone is 1. The molecule has 0 aromatic carbocycles. The fourth-order valence-corrected chi connectivity index (χ4v) is 3.22. The highest BCUT2D eigenvalue weighted by atomic mass is 16.5. The van der Waals surface area contributed by atoms with Gasteiger partial charge in [-0.1, -0.05) is 27.7 Å². The minimum atomic E-state index is -0.353. The van der Waals surface area contributed by atoms with E-state index in [1.54, 1.807) is 0 Å². The van der Waals surface area contributed by atoms with Crippen molar-refractivity contribution in [3.8, 4) is 0 Å². The molecule has 3 unspecified atom stereocenters. The van der Waals surface area contributed by atoms with Crippen molar-refractivity contribution in [1.82, 2.24) is 0 Å². The molecule has 122 valence electrons. The SMILES string of the molecule is CC1/C=C\OC(COC(C)(C)CC(C)(C)C=O)CC(C)C1. The molecule has 3 heteroatoms. The van der Waals surface area contributed by atoms with Gasteiger partial charge in [0, 0.05) is 5.41 Å². The highest BCUT2D eigenvalue weighted by Gasteiger charge is 2.30. The fourth-order valence-electron chi connectivity index (χ4n) is 3.22. The van der Waals surface area contributed by atoms with E-state index in [1.165, 1.54) is 6.42 Å². The second-order valence-corrected chi connectivity index (χ2v) is 7.99. The normalized spacial score (nSPS) is 29.1. The molecule has 0 bridgehead atoms. The van der Waals surface area contributed by atoms with Crippen LogP contribution in [-0.4, -0.2) is 24.6 Å². The van der Waals surface area contributed by atoms with Crippen LogP contribution in [0.5, 0.6) is 0 Å². The van der Waals surface area contributed by atoms with Gasteiger partial charge in [-0.05, 0) is 51.0 Å². The van der Waals surface area contributed by atoms with Crippen LogP contribution in [0, 0.1) is 17.3 Å². The first-order chi connectivity index (χ1) is 9.63. The quantitative estimate of drug-likeness (QED) is 0.683. The second kappa shape index (κ2) is 7.44. The topological polar surface area (TPSA) is 35.5 Å². The zero-order valence-corrected chi connectivity index (χ0v) is 14.5. The molecular formula is C18H32O3.